The number of para-hydroxylation sites is 1. The van der Waals surface area contributed by atoms with Gasteiger partial charge in [0.1, 0.15) is 11.6 Å². The zero-order valence-electron chi connectivity index (χ0n) is 11.7. The highest BCUT2D eigenvalue weighted by Crippen LogP contribution is 2.37. The molecule has 20 heavy (non-hydrogen) atoms. The zero-order valence-corrected chi connectivity index (χ0v) is 11.7. The van der Waals surface area contributed by atoms with Crippen molar-refractivity contribution in [3.05, 3.63) is 59.4 Å². The number of rotatable bonds is 2. The minimum absolute atomic E-state index is 0.0668. The summed E-state index contributed by atoms with van der Waals surface area (Å²) in [5, 5.41) is 3.33. The Bertz CT molecular complexity index is 626. The van der Waals surface area contributed by atoms with Crippen molar-refractivity contribution in [1.82, 2.24) is 0 Å². The third kappa shape index (κ3) is 2.36. The lowest BCUT2D eigenvalue weighted by molar-refractivity contribution is 0.214. The van der Waals surface area contributed by atoms with Crippen LogP contribution in [0, 0.1) is 18.7 Å². The van der Waals surface area contributed by atoms with E-state index in [4.69, 9.17) is 4.74 Å². The molecule has 0 radical (unpaired) electrons. The summed E-state index contributed by atoms with van der Waals surface area (Å²) in [5.74, 6) is 0.961. The van der Waals surface area contributed by atoms with Gasteiger partial charge in [-0.05, 0) is 30.7 Å². The maximum absolute atomic E-state index is 14.0. The number of anilines is 1. The Labute approximate surface area is 118 Å². The van der Waals surface area contributed by atoms with E-state index in [0.717, 1.165) is 16.9 Å². The third-order valence-corrected chi connectivity index (χ3v) is 3.76. The molecule has 0 saturated heterocycles. The fourth-order valence-corrected chi connectivity index (χ4v) is 2.62. The molecule has 0 aromatic heterocycles. The SMILES string of the molecule is Cc1ccc(NC2c3ccccc3OCC2C)c(F)c1. The van der Waals surface area contributed by atoms with Crippen molar-refractivity contribution in [3.63, 3.8) is 0 Å². The number of ether oxygens (including phenoxy) is 1. The van der Waals surface area contributed by atoms with E-state index in [1.165, 1.54) is 0 Å². The number of benzene rings is 2. The molecule has 2 aromatic rings. The van der Waals surface area contributed by atoms with E-state index in [1.54, 1.807) is 12.1 Å². The maximum atomic E-state index is 14.0. The molecule has 0 saturated carbocycles. The molecule has 104 valence electrons. The molecule has 1 aliphatic rings. The number of nitrogens with one attached hydrogen (secondary N) is 1. The first-order chi connectivity index (χ1) is 9.65. The predicted octanol–water partition coefficient (Wildman–Crippen LogP) is 4.32. The van der Waals surface area contributed by atoms with Crippen molar-refractivity contribution in [1.29, 1.82) is 0 Å². The zero-order chi connectivity index (χ0) is 14.1. The molecule has 2 atom stereocenters. The van der Waals surface area contributed by atoms with E-state index in [2.05, 4.69) is 12.2 Å². The van der Waals surface area contributed by atoms with E-state index in [0.29, 0.717) is 12.3 Å². The molecule has 0 spiro atoms. The van der Waals surface area contributed by atoms with Crippen LogP contribution in [0.3, 0.4) is 0 Å². The molecular weight excluding hydrogens is 253 g/mol. The summed E-state index contributed by atoms with van der Waals surface area (Å²) in [4.78, 5) is 0. The van der Waals surface area contributed by atoms with Crippen molar-refractivity contribution in [2.24, 2.45) is 5.92 Å². The number of halogens is 1. The number of fused-ring (bicyclic) bond motifs is 1. The highest BCUT2D eigenvalue weighted by molar-refractivity contribution is 5.50. The van der Waals surface area contributed by atoms with E-state index in [-0.39, 0.29) is 17.8 Å². The van der Waals surface area contributed by atoms with Crippen LogP contribution in [0.4, 0.5) is 10.1 Å². The Morgan fingerprint density at radius 1 is 1.20 bits per heavy atom. The van der Waals surface area contributed by atoms with Crippen LogP contribution in [-0.2, 0) is 0 Å². The molecule has 0 bridgehead atoms. The Balaban J connectivity index is 1.93. The van der Waals surface area contributed by atoms with Crippen molar-refractivity contribution >= 4 is 5.69 Å². The van der Waals surface area contributed by atoms with Gasteiger partial charge in [-0.2, -0.15) is 0 Å². The van der Waals surface area contributed by atoms with Crippen molar-refractivity contribution in [2.75, 3.05) is 11.9 Å². The van der Waals surface area contributed by atoms with Crippen LogP contribution in [0.15, 0.2) is 42.5 Å². The molecule has 0 aliphatic carbocycles. The highest BCUT2D eigenvalue weighted by Gasteiger charge is 2.28. The summed E-state index contributed by atoms with van der Waals surface area (Å²) >= 11 is 0. The van der Waals surface area contributed by atoms with E-state index >= 15 is 0 Å². The standard InChI is InChI=1S/C17H18FNO/c1-11-7-8-15(14(18)9-11)19-17-12(2)10-20-16-6-4-3-5-13(16)17/h3-9,12,17,19H,10H2,1-2H3. The van der Waals surface area contributed by atoms with Gasteiger partial charge in [-0.1, -0.05) is 31.2 Å². The van der Waals surface area contributed by atoms with Gasteiger partial charge in [0.05, 0.1) is 18.3 Å². The van der Waals surface area contributed by atoms with Crippen molar-refractivity contribution < 1.29 is 9.13 Å². The average Bonchev–Trinajstić information content (AvgIpc) is 2.44. The number of hydrogen-bond acceptors (Lipinski definition) is 2. The minimum atomic E-state index is -0.207. The lowest BCUT2D eigenvalue weighted by atomic mass is 9.91. The van der Waals surface area contributed by atoms with Gasteiger partial charge in [0.25, 0.3) is 0 Å². The van der Waals surface area contributed by atoms with Crippen LogP contribution in [0.2, 0.25) is 0 Å². The lowest BCUT2D eigenvalue weighted by Gasteiger charge is -2.32. The molecule has 1 N–H and O–H groups in total. The van der Waals surface area contributed by atoms with Crippen molar-refractivity contribution in [3.8, 4) is 5.75 Å². The first kappa shape index (κ1) is 13.0. The van der Waals surface area contributed by atoms with Crippen molar-refractivity contribution in [2.45, 2.75) is 19.9 Å². The molecule has 3 rings (SSSR count). The summed E-state index contributed by atoms with van der Waals surface area (Å²) in [6.45, 7) is 4.64. The second-order valence-electron chi connectivity index (χ2n) is 5.43. The van der Waals surface area contributed by atoms with E-state index in [9.17, 15) is 4.39 Å². The van der Waals surface area contributed by atoms with Crippen LogP contribution in [-0.4, -0.2) is 6.61 Å². The fourth-order valence-electron chi connectivity index (χ4n) is 2.62. The van der Waals surface area contributed by atoms with Crippen LogP contribution >= 0.6 is 0 Å². The Morgan fingerprint density at radius 2 is 2.00 bits per heavy atom. The fraction of sp³-hybridized carbons (Fsp3) is 0.294. The Morgan fingerprint density at radius 3 is 2.80 bits per heavy atom. The molecule has 1 aliphatic heterocycles. The topological polar surface area (TPSA) is 21.3 Å². The third-order valence-electron chi connectivity index (χ3n) is 3.76. The largest absolute Gasteiger partial charge is 0.493 e. The van der Waals surface area contributed by atoms with E-state index < -0.39 is 0 Å². The van der Waals surface area contributed by atoms with Crippen LogP contribution < -0.4 is 10.1 Å². The number of hydrogen-bond donors (Lipinski definition) is 1. The summed E-state index contributed by atoms with van der Waals surface area (Å²) in [5.41, 5.74) is 2.56. The van der Waals surface area contributed by atoms with Crippen LogP contribution in [0.1, 0.15) is 24.1 Å². The first-order valence-electron chi connectivity index (χ1n) is 6.89. The summed E-state index contributed by atoms with van der Waals surface area (Å²) in [6.07, 6.45) is 0. The Kier molecular flexibility index (Phi) is 3.35. The number of aryl methyl sites for hydroxylation is 1. The first-order valence-corrected chi connectivity index (χ1v) is 6.89. The maximum Gasteiger partial charge on any atom is 0.146 e. The summed E-state index contributed by atoms with van der Waals surface area (Å²) < 4.78 is 19.7. The molecule has 0 fully saturated rings. The summed E-state index contributed by atoms with van der Waals surface area (Å²) in [7, 11) is 0. The second-order valence-corrected chi connectivity index (χ2v) is 5.43. The van der Waals surface area contributed by atoms with E-state index in [1.807, 2.05) is 37.3 Å². The lowest BCUT2D eigenvalue weighted by Crippen LogP contribution is -2.29. The van der Waals surface area contributed by atoms with Gasteiger partial charge in [0, 0.05) is 11.5 Å². The van der Waals surface area contributed by atoms with Gasteiger partial charge in [0.15, 0.2) is 0 Å². The van der Waals surface area contributed by atoms with Crippen LogP contribution in [0.5, 0.6) is 5.75 Å². The normalized spacial score (nSPS) is 20.9. The second kappa shape index (κ2) is 5.16. The quantitative estimate of drug-likeness (QED) is 0.878. The van der Waals surface area contributed by atoms with Gasteiger partial charge in [-0.25, -0.2) is 4.39 Å². The van der Waals surface area contributed by atoms with Gasteiger partial charge < -0.3 is 10.1 Å². The predicted molar refractivity (Wildman–Crippen MR) is 78.6 cm³/mol. The molecule has 3 heteroatoms. The average molecular weight is 271 g/mol. The molecule has 0 amide bonds. The molecule has 2 unspecified atom stereocenters. The van der Waals surface area contributed by atoms with Gasteiger partial charge >= 0.3 is 0 Å². The van der Waals surface area contributed by atoms with Gasteiger partial charge in [-0.3, -0.25) is 0 Å². The molecule has 1 heterocycles. The Hall–Kier alpha value is -2.03. The molecule has 2 nitrogen and oxygen atoms in total. The molecule has 2 aromatic carbocycles. The minimum Gasteiger partial charge on any atom is -0.493 e. The van der Waals surface area contributed by atoms with Gasteiger partial charge in [-0.15, -0.1) is 0 Å². The van der Waals surface area contributed by atoms with Gasteiger partial charge in [0.2, 0.25) is 0 Å². The molecular formula is C17H18FNO. The smallest absolute Gasteiger partial charge is 0.146 e. The van der Waals surface area contributed by atoms with Crippen LogP contribution in [0.25, 0.3) is 0 Å². The summed E-state index contributed by atoms with van der Waals surface area (Å²) in [6, 6.07) is 13.3. The monoisotopic (exact) mass is 271 g/mol. The highest BCUT2D eigenvalue weighted by atomic mass is 19.1.